The van der Waals surface area contributed by atoms with Crippen molar-refractivity contribution >= 4 is 17.6 Å². The van der Waals surface area contributed by atoms with E-state index < -0.39 is 0 Å². The van der Waals surface area contributed by atoms with Crippen LogP contribution in [0.1, 0.15) is 19.8 Å². The Morgan fingerprint density at radius 3 is 2.96 bits per heavy atom. The van der Waals surface area contributed by atoms with E-state index in [2.05, 4.69) is 5.32 Å². The summed E-state index contributed by atoms with van der Waals surface area (Å²) >= 11 is 0. The summed E-state index contributed by atoms with van der Waals surface area (Å²) in [4.78, 5) is 25.2. The van der Waals surface area contributed by atoms with Gasteiger partial charge >= 0.3 is 5.97 Å². The lowest BCUT2D eigenvalue weighted by molar-refractivity contribution is -0.899. The smallest absolute Gasteiger partial charge is 0.314 e. The Balaban J connectivity index is 1.85. The van der Waals surface area contributed by atoms with Gasteiger partial charge in [0.05, 0.1) is 26.8 Å². The molecule has 2 atom stereocenters. The summed E-state index contributed by atoms with van der Waals surface area (Å²) in [6.45, 7) is 4.13. The van der Waals surface area contributed by atoms with Crippen LogP contribution in [0, 0.1) is 5.92 Å². The summed E-state index contributed by atoms with van der Waals surface area (Å²) in [6.07, 6.45) is 1.78. The number of hydrogen-bond donors (Lipinski definition) is 2. The summed E-state index contributed by atoms with van der Waals surface area (Å²) < 4.78 is 10.2. The normalized spacial score (nSPS) is 20.6. The summed E-state index contributed by atoms with van der Waals surface area (Å²) in [6, 6.07) is 7.27. The second-order valence-corrected chi connectivity index (χ2v) is 5.75. The molecule has 1 saturated heterocycles. The molecule has 1 heterocycles. The van der Waals surface area contributed by atoms with Crippen molar-refractivity contribution in [3.8, 4) is 5.75 Å². The summed E-state index contributed by atoms with van der Waals surface area (Å²) in [5.41, 5.74) is 0.715. The van der Waals surface area contributed by atoms with Gasteiger partial charge in [0.25, 0.3) is 5.91 Å². The molecule has 1 aliphatic heterocycles. The monoisotopic (exact) mass is 321 g/mol. The van der Waals surface area contributed by atoms with Crippen molar-refractivity contribution in [3.05, 3.63) is 24.3 Å². The molecule has 23 heavy (non-hydrogen) atoms. The minimum atomic E-state index is -0.141. The van der Waals surface area contributed by atoms with Crippen molar-refractivity contribution in [3.63, 3.8) is 0 Å². The zero-order valence-electron chi connectivity index (χ0n) is 13.8. The number of likely N-dealkylation sites (tertiary alicyclic amines) is 1. The number of carbonyl (C=O) groups is 2. The Kier molecular flexibility index (Phi) is 6.40. The van der Waals surface area contributed by atoms with E-state index in [1.165, 1.54) is 0 Å². The zero-order chi connectivity index (χ0) is 16.7. The van der Waals surface area contributed by atoms with Gasteiger partial charge in [0.1, 0.15) is 11.7 Å². The van der Waals surface area contributed by atoms with Gasteiger partial charge in [0, 0.05) is 11.8 Å². The highest BCUT2D eigenvalue weighted by Crippen LogP contribution is 2.16. The molecule has 1 amide bonds. The van der Waals surface area contributed by atoms with Gasteiger partial charge in [-0.2, -0.15) is 0 Å². The predicted molar refractivity (Wildman–Crippen MR) is 86.5 cm³/mol. The van der Waals surface area contributed by atoms with Crippen LogP contribution in [-0.4, -0.2) is 45.2 Å². The number of carbonyl (C=O) groups excluding carboxylic acids is 2. The average molecular weight is 321 g/mol. The lowest BCUT2D eigenvalue weighted by Gasteiger charge is -2.28. The highest BCUT2D eigenvalue weighted by Gasteiger charge is 2.30. The molecular weight excluding hydrogens is 296 g/mol. The molecule has 0 saturated carbocycles. The fraction of sp³-hybridized carbons (Fsp3) is 0.529. The molecule has 6 nitrogen and oxygen atoms in total. The topological polar surface area (TPSA) is 69.1 Å². The number of methoxy groups -OCH3 is 1. The van der Waals surface area contributed by atoms with Crippen LogP contribution in [-0.2, 0) is 14.3 Å². The predicted octanol–water partition coefficient (Wildman–Crippen LogP) is 0.492. The van der Waals surface area contributed by atoms with Crippen LogP contribution in [0.3, 0.4) is 0 Å². The highest BCUT2D eigenvalue weighted by atomic mass is 16.5. The third-order valence-corrected chi connectivity index (χ3v) is 4.00. The summed E-state index contributed by atoms with van der Waals surface area (Å²) in [7, 11) is 1.59. The molecule has 1 aromatic carbocycles. The Hall–Kier alpha value is -2.08. The maximum atomic E-state index is 12.2. The van der Waals surface area contributed by atoms with E-state index in [4.69, 9.17) is 9.47 Å². The van der Waals surface area contributed by atoms with Crippen LogP contribution in [0.15, 0.2) is 24.3 Å². The second-order valence-electron chi connectivity index (χ2n) is 5.75. The fourth-order valence-corrected chi connectivity index (χ4v) is 2.91. The van der Waals surface area contributed by atoms with E-state index in [9.17, 15) is 9.59 Å². The van der Waals surface area contributed by atoms with Crippen LogP contribution < -0.4 is 15.0 Å². The minimum Gasteiger partial charge on any atom is -0.497 e. The lowest BCUT2D eigenvalue weighted by Crippen LogP contribution is -3.14. The Morgan fingerprint density at radius 1 is 1.39 bits per heavy atom. The number of amides is 1. The first-order chi connectivity index (χ1) is 11.1. The van der Waals surface area contributed by atoms with Gasteiger partial charge in [-0.05, 0) is 31.9 Å². The molecule has 0 bridgehead atoms. The van der Waals surface area contributed by atoms with E-state index >= 15 is 0 Å². The lowest BCUT2D eigenvalue weighted by atomic mass is 9.98. The molecule has 1 aromatic rings. The van der Waals surface area contributed by atoms with E-state index in [1.54, 1.807) is 13.2 Å². The van der Waals surface area contributed by atoms with Crippen molar-refractivity contribution in [2.24, 2.45) is 5.92 Å². The van der Waals surface area contributed by atoms with Crippen molar-refractivity contribution in [2.75, 3.05) is 38.7 Å². The molecule has 1 unspecified atom stereocenters. The Bertz CT molecular complexity index is 547. The first kappa shape index (κ1) is 17.3. The molecule has 0 aromatic heterocycles. The zero-order valence-corrected chi connectivity index (χ0v) is 13.8. The number of hydrogen-bond acceptors (Lipinski definition) is 4. The van der Waals surface area contributed by atoms with Crippen LogP contribution in [0.4, 0.5) is 5.69 Å². The molecule has 1 fully saturated rings. The number of quaternary nitrogens is 1. The number of benzene rings is 1. The number of piperidine rings is 1. The van der Waals surface area contributed by atoms with Crippen LogP contribution >= 0.6 is 0 Å². The van der Waals surface area contributed by atoms with Crippen LogP contribution in [0.25, 0.3) is 0 Å². The molecule has 0 spiro atoms. The van der Waals surface area contributed by atoms with E-state index in [0.29, 0.717) is 31.1 Å². The van der Waals surface area contributed by atoms with Gasteiger partial charge in [-0.1, -0.05) is 6.07 Å². The van der Waals surface area contributed by atoms with Gasteiger partial charge in [-0.25, -0.2) is 0 Å². The Labute approximate surface area is 136 Å². The third-order valence-electron chi connectivity index (χ3n) is 4.00. The molecule has 2 rings (SSSR count). The van der Waals surface area contributed by atoms with E-state index in [0.717, 1.165) is 24.3 Å². The van der Waals surface area contributed by atoms with Gasteiger partial charge in [-0.3, -0.25) is 9.59 Å². The molecule has 2 N–H and O–H groups in total. The van der Waals surface area contributed by atoms with Crippen LogP contribution in [0.5, 0.6) is 5.75 Å². The van der Waals surface area contributed by atoms with Gasteiger partial charge in [0.2, 0.25) is 0 Å². The minimum absolute atomic E-state index is 0.0576. The molecule has 126 valence electrons. The number of rotatable bonds is 6. The number of anilines is 1. The molecule has 1 aliphatic rings. The maximum absolute atomic E-state index is 12.2. The standard InChI is InChI=1S/C17H24N2O4/c1-3-23-17(21)13-6-5-9-19(11-13)12-16(20)18-14-7-4-8-15(10-14)22-2/h4,7-8,10,13H,3,5-6,9,11-12H2,1-2H3,(H,18,20)/p+1/t13-/m1/s1. The largest absolute Gasteiger partial charge is 0.497 e. The van der Waals surface area contributed by atoms with Gasteiger partial charge in [0.15, 0.2) is 6.54 Å². The molecular formula is C17H25N2O4+. The number of nitrogens with one attached hydrogen (secondary N) is 2. The quantitative estimate of drug-likeness (QED) is 0.748. The molecule has 0 radical (unpaired) electrons. The highest BCUT2D eigenvalue weighted by molar-refractivity contribution is 5.91. The summed E-state index contributed by atoms with van der Waals surface area (Å²) in [5, 5.41) is 2.88. The van der Waals surface area contributed by atoms with Crippen molar-refractivity contribution < 1.29 is 24.0 Å². The van der Waals surface area contributed by atoms with E-state index in [1.807, 2.05) is 25.1 Å². The van der Waals surface area contributed by atoms with Crippen molar-refractivity contribution in [2.45, 2.75) is 19.8 Å². The molecule has 0 aliphatic carbocycles. The van der Waals surface area contributed by atoms with Crippen molar-refractivity contribution in [1.29, 1.82) is 0 Å². The SMILES string of the molecule is CCOC(=O)[C@@H]1CCC[NH+](CC(=O)Nc2cccc(OC)c2)C1. The third kappa shape index (κ3) is 5.25. The maximum Gasteiger partial charge on any atom is 0.314 e. The average Bonchev–Trinajstić information content (AvgIpc) is 2.55. The van der Waals surface area contributed by atoms with Gasteiger partial charge in [-0.15, -0.1) is 0 Å². The van der Waals surface area contributed by atoms with Crippen molar-refractivity contribution in [1.82, 2.24) is 0 Å². The Morgan fingerprint density at radius 2 is 2.22 bits per heavy atom. The van der Waals surface area contributed by atoms with E-state index in [-0.39, 0.29) is 17.8 Å². The number of ether oxygens (including phenoxy) is 2. The first-order valence-electron chi connectivity index (χ1n) is 8.06. The van der Waals surface area contributed by atoms with Crippen LogP contribution in [0.2, 0.25) is 0 Å². The first-order valence-corrected chi connectivity index (χ1v) is 8.06. The molecule has 6 heteroatoms. The fourth-order valence-electron chi connectivity index (χ4n) is 2.91. The van der Waals surface area contributed by atoms with Gasteiger partial charge < -0.3 is 19.7 Å². The second kappa shape index (κ2) is 8.53. The summed E-state index contributed by atoms with van der Waals surface area (Å²) in [5.74, 6) is 0.412. The number of esters is 1.